The maximum Gasteiger partial charge on any atom is 0.162 e. The van der Waals surface area contributed by atoms with Crippen LogP contribution in [0.4, 0.5) is 5.69 Å². The van der Waals surface area contributed by atoms with Gasteiger partial charge in [-0.2, -0.15) is 5.26 Å². The van der Waals surface area contributed by atoms with E-state index in [4.69, 9.17) is 5.73 Å². The Balaban J connectivity index is 2.01. The van der Waals surface area contributed by atoms with E-state index in [2.05, 4.69) is 32.9 Å². The minimum Gasteiger partial charge on any atom is -0.384 e. The number of thiophene rings is 1. The molecule has 2 heterocycles. The number of ketones is 1. The highest BCUT2D eigenvalue weighted by atomic mass is 32.2. The van der Waals surface area contributed by atoms with Crippen LogP contribution in [0.25, 0.3) is 0 Å². The van der Waals surface area contributed by atoms with Crippen LogP contribution in [-0.2, 0) is 4.79 Å². The second-order valence-electron chi connectivity index (χ2n) is 8.85. The maximum atomic E-state index is 13.6. The normalized spacial score (nSPS) is 20.7. The first-order valence-electron chi connectivity index (χ1n) is 10.5. The fourth-order valence-corrected chi connectivity index (χ4v) is 6.70. The number of Topliss-reactive ketones (excluding diaryl/α,β-unsaturated/α-hetero) is 1. The van der Waals surface area contributed by atoms with Crippen LogP contribution in [-0.4, -0.2) is 11.5 Å². The van der Waals surface area contributed by atoms with Crippen LogP contribution in [0.15, 0.2) is 63.3 Å². The summed E-state index contributed by atoms with van der Waals surface area (Å²) in [5.41, 5.74) is 10.7. The Morgan fingerprint density at radius 1 is 1.29 bits per heavy atom. The number of allylic oxidation sites excluding steroid dienone is 3. The standard InChI is InChI=1S/C25H27N3OS2/c1-5-30-20-10-11-31-23(20)21-16(14-26)24(27)28(17-9-7-6-8-15(17)2)18-12-25(3,4)13-19(29)22(18)21/h6-11,21H,5,12-13,27H2,1-4H3. The molecule has 0 radical (unpaired) electrons. The second-order valence-corrected chi connectivity index (χ2v) is 11.1. The average Bonchev–Trinajstić information content (AvgIpc) is 3.15. The van der Waals surface area contributed by atoms with Gasteiger partial charge in [0.05, 0.1) is 23.2 Å². The van der Waals surface area contributed by atoms with Gasteiger partial charge >= 0.3 is 0 Å². The van der Waals surface area contributed by atoms with E-state index in [0.29, 0.717) is 17.8 Å². The smallest absolute Gasteiger partial charge is 0.162 e. The zero-order chi connectivity index (χ0) is 22.3. The molecule has 0 spiro atoms. The number of anilines is 1. The lowest BCUT2D eigenvalue weighted by molar-refractivity contribution is -0.118. The number of hydrogen-bond donors (Lipinski definition) is 1. The Hall–Kier alpha value is -2.49. The van der Waals surface area contributed by atoms with E-state index in [-0.39, 0.29) is 11.2 Å². The van der Waals surface area contributed by atoms with Crippen molar-refractivity contribution in [2.24, 2.45) is 11.1 Å². The van der Waals surface area contributed by atoms with Gasteiger partial charge in [0.15, 0.2) is 5.78 Å². The summed E-state index contributed by atoms with van der Waals surface area (Å²) < 4.78 is 0. The molecule has 2 N–H and O–H groups in total. The molecule has 1 unspecified atom stereocenters. The molecule has 0 bridgehead atoms. The molecule has 1 aliphatic heterocycles. The van der Waals surface area contributed by atoms with Crippen LogP contribution in [0, 0.1) is 23.7 Å². The molecule has 6 heteroatoms. The molecule has 160 valence electrons. The highest BCUT2D eigenvalue weighted by Gasteiger charge is 2.45. The highest BCUT2D eigenvalue weighted by molar-refractivity contribution is 7.99. The van der Waals surface area contributed by atoms with E-state index in [1.54, 1.807) is 23.1 Å². The number of nitriles is 1. The Morgan fingerprint density at radius 2 is 2.03 bits per heavy atom. The fraction of sp³-hybridized carbons (Fsp3) is 0.360. The Bertz CT molecular complexity index is 1150. The first-order chi connectivity index (χ1) is 14.8. The number of carbonyl (C=O) groups is 1. The first-order valence-corrected chi connectivity index (χ1v) is 12.4. The number of thioether (sulfide) groups is 1. The molecular formula is C25H27N3OS2. The molecule has 2 aliphatic rings. The van der Waals surface area contributed by atoms with Gasteiger partial charge in [-0.25, -0.2) is 0 Å². The van der Waals surface area contributed by atoms with Gasteiger partial charge in [0.1, 0.15) is 5.82 Å². The summed E-state index contributed by atoms with van der Waals surface area (Å²) in [6, 6.07) is 12.5. The van der Waals surface area contributed by atoms with Gasteiger partial charge in [-0.05, 0) is 47.6 Å². The van der Waals surface area contributed by atoms with Crippen molar-refractivity contribution in [3.63, 3.8) is 0 Å². The van der Waals surface area contributed by atoms with E-state index < -0.39 is 5.92 Å². The largest absolute Gasteiger partial charge is 0.384 e. The summed E-state index contributed by atoms with van der Waals surface area (Å²) in [6.45, 7) is 8.40. The van der Waals surface area contributed by atoms with Crippen molar-refractivity contribution < 1.29 is 4.79 Å². The average molecular weight is 450 g/mol. The number of nitrogens with two attached hydrogens (primary N) is 1. The van der Waals surface area contributed by atoms with E-state index in [1.807, 2.05) is 41.5 Å². The summed E-state index contributed by atoms with van der Waals surface area (Å²) in [5, 5.41) is 12.3. The lowest BCUT2D eigenvalue weighted by Crippen LogP contribution is -2.42. The van der Waals surface area contributed by atoms with Gasteiger partial charge in [-0.15, -0.1) is 23.1 Å². The molecule has 31 heavy (non-hydrogen) atoms. The molecule has 4 rings (SSSR count). The van der Waals surface area contributed by atoms with Crippen LogP contribution in [0.5, 0.6) is 0 Å². The molecule has 0 fully saturated rings. The van der Waals surface area contributed by atoms with Crippen LogP contribution < -0.4 is 10.6 Å². The zero-order valence-corrected chi connectivity index (χ0v) is 20.0. The van der Waals surface area contributed by atoms with Gasteiger partial charge in [-0.3, -0.25) is 9.69 Å². The van der Waals surface area contributed by atoms with Gasteiger partial charge in [0.2, 0.25) is 0 Å². The molecule has 0 saturated heterocycles. The summed E-state index contributed by atoms with van der Waals surface area (Å²) >= 11 is 3.35. The third-order valence-corrected chi connectivity index (χ3v) is 8.02. The van der Waals surface area contributed by atoms with Crippen molar-refractivity contribution in [2.45, 2.75) is 51.3 Å². The summed E-state index contributed by atoms with van der Waals surface area (Å²) in [4.78, 5) is 17.7. The summed E-state index contributed by atoms with van der Waals surface area (Å²) in [7, 11) is 0. The van der Waals surface area contributed by atoms with Crippen LogP contribution in [0.1, 0.15) is 50.0 Å². The quantitative estimate of drug-likeness (QED) is 0.570. The molecule has 1 aromatic carbocycles. The highest BCUT2D eigenvalue weighted by Crippen LogP contribution is 2.52. The number of benzene rings is 1. The molecule has 0 amide bonds. The molecular weight excluding hydrogens is 422 g/mol. The van der Waals surface area contributed by atoms with Crippen molar-refractivity contribution >= 4 is 34.6 Å². The molecule has 2 aromatic rings. The van der Waals surface area contributed by atoms with Crippen molar-refractivity contribution in [2.75, 3.05) is 10.7 Å². The van der Waals surface area contributed by atoms with E-state index in [0.717, 1.165) is 44.5 Å². The number of nitrogens with zero attached hydrogens (tertiary/aromatic N) is 2. The Kier molecular flexibility index (Phi) is 5.76. The van der Waals surface area contributed by atoms with Crippen LogP contribution in [0.3, 0.4) is 0 Å². The van der Waals surface area contributed by atoms with Crippen molar-refractivity contribution in [1.82, 2.24) is 0 Å². The van der Waals surface area contributed by atoms with E-state index in [9.17, 15) is 10.1 Å². The lowest BCUT2D eigenvalue weighted by Gasteiger charge is -2.44. The molecule has 4 nitrogen and oxygen atoms in total. The van der Waals surface area contributed by atoms with E-state index >= 15 is 0 Å². The molecule has 0 saturated carbocycles. The zero-order valence-electron chi connectivity index (χ0n) is 18.4. The van der Waals surface area contributed by atoms with Crippen LogP contribution in [0.2, 0.25) is 0 Å². The van der Waals surface area contributed by atoms with Gasteiger partial charge in [0.25, 0.3) is 0 Å². The van der Waals surface area contributed by atoms with Crippen LogP contribution >= 0.6 is 23.1 Å². The molecule has 1 aliphatic carbocycles. The van der Waals surface area contributed by atoms with Crippen molar-refractivity contribution in [3.8, 4) is 6.07 Å². The minimum atomic E-state index is -0.391. The third-order valence-electron chi connectivity index (χ3n) is 5.96. The fourth-order valence-electron chi connectivity index (χ4n) is 4.65. The number of rotatable bonds is 4. The first kappa shape index (κ1) is 21.7. The molecule has 1 atom stereocenters. The number of para-hydroxylation sites is 1. The second kappa shape index (κ2) is 8.22. The van der Waals surface area contributed by atoms with Gasteiger partial charge in [-0.1, -0.05) is 39.0 Å². The Labute approximate surface area is 192 Å². The summed E-state index contributed by atoms with van der Waals surface area (Å²) in [6.07, 6.45) is 1.21. The number of carbonyl (C=O) groups excluding carboxylic acids is 1. The topological polar surface area (TPSA) is 70.1 Å². The van der Waals surface area contributed by atoms with Crippen molar-refractivity contribution in [1.29, 1.82) is 5.26 Å². The maximum absolute atomic E-state index is 13.6. The van der Waals surface area contributed by atoms with Gasteiger partial charge in [0, 0.05) is 27.5 Å². The third kappa shape index (κ3) is 3.71. The monoisotopic (exact) mass is 449 g/mol. The predicted octanol–water partition coefficient (Wildman–Crippen LogP) is 6.11. The predicted molar refractivity (Wildman–Crippen MR) is 129 cm³/mol. The summed E-state index contributed by atoms with van der Waals surface area (Å²) in [5.74, 6) is 1.10. The van der Waals surface area contributed by atoms with Gasteiger partial charge < -0.3 is 5.73 Å². The number of hydrogen-bond acceptors (Lipinski definition) is 6. The Morgan fingerprint density at radius 3 is 2.71 bits per heavy atom. The minimum absolute atomic E-state index is 0.121. The SMILES string of the molecule is CCSc1ccsc1C1C(C#N)=C(N)N(c2ccccc2C)C2=C1C(=O)CC(C)(C)C2. The molecule has 1 aromatic heterocycles. The van der Waals surface area contributed by atoms with Crippen molar-refractivity contribution in [3.05, 3.63) is 68.8 Å². The van der Waals surface area contributed by atoms with E-state index in [1.165, 1.54) is 0 Å². The number of aryl methyl sites for hydroxylation is 1. The lowest BCUT2D eigenvalue weighted by atomic mass is 9.69.